The van der Waals surface area contributed by atoms with Gasteiger partial charge in [0.1, 0.15) is 5.75 Å². The molecule has 0 bridgehead atoms. The Morgan fingerprint density at radius 2 is 1.95 bits per heavy atom. The highest BCUT2D eigenvalue weighted by molar-refractivity contribution is 6.32. The van der Waals surface area contributed by atoms with Gasteiger partial charge in [0, 0.05) is 13.1 Å². The van der Waals surface area contributed by atoms with Crippen LogP contribution < -0.4 is 4.74 Å². The minimum Gasteiger partial charge on any atom is -0.482 e. The number of piperidine rings is 1. The van der Waals surface area contributed by atoms with Crippen LogP contribution in [-0.2, 0) is 14.3 Å². The molecule has 0 unspecified atom stereocenters. The highest BCUT2D eigenvalue weighted by Gasteiger charge is 2.27. The molecular formula is C15H18ClNO4. The van der Waals surface area contributed by atoms with Gasteiger partial charge in [0.2, 0.25) is 0 Å². The van der Waals surface area contributed by atoms with Crippen molar-refractivity contribution in [2.24, 2.45) is 5.92 Å². The molecule has 1 heterocycles. The number of para-hydroxylation sites is 1. The van der Waals surface area contributed by atoms with Gasteiger partial charge in [-0.1, -0.05) is 23.7 Å². The van der Waals surface area contributed by atoms with E-state index in [9.17, 15) is 9.59 Å². The molecule has 0 aliphatic carbocycles. The van der Waals surface area contributed by atoms with Gasteiger partial charge in [0.05, 0.1) is 18.1 Å². The molecular weight excluding hydrogens is 294 g/mol. The Morgan fingerprint density at radius 1 is 1.29 bits per heavy atom. The third-order valence-electron chi connectivity index (χ3n) is 3.57. The molecule has 21 heavy (non-hydrogen) atoms. The first kappa shape index (κ1) is 15.6. The Morgan fingerprint density at radius 3 is 2.57 bits per heavy atom. The summed E-state index contributed by atoms with van der Waals surface area (Å²) in [7, 11) is 1.39. The molecule has 0 radical (unpaired) electrons. The molecule has 1 saturated heterocycles. The van der Waals surface area contributed by atoms with Gasteiger partial charge in [-0.25, -0.2) is 0 Å². The third kappa shape index (κ3) is 4.11. The van der Waals surface area contributed by atoms with Gasteiger partial charge in [-0.15, -0.1) is 0 Å². The second-order valence-corrected chi connectivity index (χ2v) is 5.30. The Hall–Kier alpha value is -1.75. The fourth-order valence-corrected chi connectivity index (χ4v) is 2.51. The van der Waals surface area contributed by atoms with Crippen molar-refractivity contribution in [1.29, 1.82) is 0 Å². The number of carbonyl (C=O) groups is 2. The quantitative estimate of drug-likeness (QED) is 0.799. The van der Waals surface area contributed by atoms with Crippen LogP contribution in [0.2, 0.25) is 5.02 Å². The summed E-state index contributed by atoms with van der Waals surface area (Å²) in [4.78, 5) is 25.2. The number of esters is 1. The molecule has 1 aliphatic rings. The zero-order valence-corrected chi connectivity index (χ0v) is 12.6. The number of hydrogen-bond acceptors (Lipinski definition) is 4. The summed E-state index contributed by atoms with van der Waals surface area (Å²) in [6, 6.07) is 7.03. The molecule has 1 aromatic rings. The van der Waals surface area contributed by atoms with Crippen molar-refractivity contribution in [1.82, 2.24) is 4.90 Å². The summed E-state index contributed by atoms with van der Waals surface area (Å²) in [5.74, 6) is 0.0909. The van der Waals surface area contributed by atoms with Gasteiger partial charge < -0.3 is 14.4 Å². The number of nitrogens with zero attached hydrogens (tertiary/aromatic N) is 1. The molecule has 6 heteroatoms. The summed E-state index contributed by atoms with van der Waals surface area (Å²) in [6.45, 7) is 1.04. The van der Waals surface area contributed by atoms with E-state index in [-0.39, 0.29) is 24.4 Å². The van der Waals surface area contributed by atoms with E-state index < -0.39 is 0 Å². The molecule has 1 aromatic carbocycles. The minimum absolute atomic E-state index is 0.0490. The van der Waals surface area contributed by atoms with Crippen LogP contribution in [0.4, 0.5) is 0 Å². The minimum atomic E-state index is -0.200. The molecule has 0 aromatic heterocycles. The summed E-state index contributed by atoms with van der Waals surface area (Å²) < 4.78 is 10.2. The van der Waals surface area contributed by atoms with Gasteiger partial charge >= 0.3 is 5.97 Å². The van der Waals surface area contributed by atoms with E-state index in [4.69, 9.17) is 21.1 Å². The average molecular weight is 312 g/mol. The van der Waals surface area contributed by atoms with Crippen LogP contribution in [-0.4, -0.2) is 43.6 Å². The Labute approximate surface area is 128 Å². The van der Waals surface area contributed by atoms with E-state index in [0.717, 1.165) is 0 Å². The zero-order valence-electron chi connectivity index (χ0n) is 11.9. The molecule has 0 spiro atoms. The lowest BCUT2D eigenvalue weighted by Crippen LogP contribution is -2.42. The fourth-order valence-electron chi connectivity index (χ4n) is 2.32. The number of carbonyl (C=O) groups excluding carboxylic acids is 2. The zero-order chi connectivity index (χ0) is 15.2. The maximum atomic E-state index is 12.1. The Bertz CT molecular complexity index is 512. The van der Waals surface area contributed by atoms with E-state index in [1.165, 1.54) is 7.11 Å². The molecule has 114 valence electrons. The second kappa shape index (κ2) is 7.31. The summed E-state index contributed by atoms with van der Waals surface area (Å²) in [6.07, 6.45) is 1.26. The second-order valence-electron chi connectivity index (χ2n) is 4.90. The predicted octanol–water partition coefficient (Wildman–Crippen LogP) is 2.13. The number of benzene rings is 1. The van der Waals surface area contributed by atoms with Crippen LogP contribution >= 0.6 is 11.6 Å². The number of halogens is 1. The first-order chi connectivity index (χ1) is 10.1. The summed E-state index contributed by atoms with van der Waals surface area (Å²) in [5, 5.41) is 0.481. The monoisotopic (exact) mass is 311 g/mol. The van der Waals surface area contributed by atoms with Gasteiger partial charge in [0.25, 0.3) is 5.91 Å². The first-order valence-electron chi connectivity index (χ1n) is 6.84. The van der Waals surface area contributed by atoms with Gasteiger partial charge in [0.15, 0.2) is 6.61 Å². The van der Waals surface area contributed by atoms with E-state index in [2.05, 4.69) is 0 Å². The molecule has 1 amide bonds. The Kier molecular flexibility index (Phi) is 5.44. The predicted molar refractivity (Wildman–Crippen MR) is 78.3 cm³/mol. The number of ether oxygens (including phenoxy) is 2. The van der Waals surface area contributed by atoms with Crippen molar-refractivity contribution in [3.63, 3.8) is 0 Å². The van der Waals surface area contributed by atoms with Crippen LogP contribution in [0.5, 0.6) is 5.75 Å². The topological polar surface area (TPSA) is 55.8 Å². The SMILES string of the molecule is COC(=O)C1CCN(C(=O)COc2ccccc2Cl)CC1. The normalized spacial score (nSPS) is 15.6. The van der Waals surface area contributed by atoms with Crippen molar-refractivity contribution in [2.75, 3.05) is 26.8 Å². The molecule has 0 atom stereocenters. The van der Waals surface area contributed by atoms with Crippen molar-refractivity contribution in [3.05, 3.63) is 29.3 Å². The number of rotatable bonds is 4. The highest BCUT2D eigenvalue weighted by atomic mass is 35.5. The van der Waals surface area contributed by atoms with Crippen LogP contribution in [0, 0.1) is 5.92 Å². The molecule has 0 N–H and O–H groups in total. The van der Waals surface area contributed by atoms with Gasteiger partial charge in [-0.3, -0.25) is 9.59 Å². The lowest BCUT2D eigenvalue weighted by Gasteiger charge is -2.30. The van der Waals surface area contributed by atoms with Crippen molar-refractivity contribution in [2.45, 2.75) is 12.8 Å². The smallest absolute Gasteiger partial charge is 0.308 e. The maximum Gasteiger partial charge on any atom is 0.308 e. The molecule has 0 saturated carbocycles. The summed E-state index contributed by atoms with van der Waals surface area (Å²) >= 11 is 5.96. The van der Waals surface area contributed by atoms with Crippen LogP contribution in [0.15, 0.2) is 24.3 Å². The van der Waals surface area contributed by atoms with E-state index in [1.807, 2.05) is 0 Å². The molecule has 1 aliphatic heterocycles. The van der Waals surface area contributed by atoms with Crippen LogP contribution in [0.25, 0.3) is 0 Å². The number of likely N-dealkylation sites (tertiary alicyclic amines) is 1. The lowest BCUT2D eigenvalue weighted by molar-refractivity contribution is -0.149. The van der Waals surface area contributed by atoms with E-state index in [1.54, 1.807) is 29.2 Å². The lowest BCUT2D eigenvalue weighted by atomic mass is 9.97. The third-order valence-corrected chi connectivity index (χ3v) is 3.88. The first-order valence-corrected chi connectivity index (χ1v) is 7.22. The molecule has 5 nitrogen and oxygen atoms in total. The van der Waals surface area contributed by atoms with Crippen LogP contribution in [0.3, 0.4) is 0 Å². The maximum absolute atomic E-state index is 12.1. The highest BCUT2D eigenvalue weighted by Crippen LogP contribution is 2.23. The number of methoxy groups -OCH3 is 1. The average Bonchev–Trinajstić information content (AvgIpc) is 2.53. The Balaban J connectivity index is 1.80. The molecule has 2 rings (SSSR count). The van der Waals surface area contributed by atoms with Crippen molar-refractivity contribution in [3.8, 4) is 5.75 Å². The van der Waals surface area contributed by atoms with E-state index >= 15 is 0 Å². The van der Waals surface area contributed by atoms with Gasteiger partial charge in [-0.2, -0.15) is 0 Å². The van der Waals surface area contributed by atoms with Crippen molar-refractivity contribution >= 4 is 23.5 Å². The van der Waals surface area contributed by atoms with Gasteiger partial charge in [-0.05, 0) is 25.0 Å². The van der Waals surface area contributed by atoms with Crippen molar-refractivity contribution < 1.29 is 19.1 Å². The van der Waals surface area contributed by atoms with Crippen LogP contribution in [0.1, 0.15) is 12.8 Å². The standard InChI is InChI=1S/C15H18ClNO4/c1-20-15(19)11-6-8-17(9-7-11)14(18)10-21-13-5-3-2-4-12(13)16/h2-5,11H,6-10H2,1H3. The fraction of sp³-hybridized carbons (Fsp3) is 0.467. The largest absolute Gasteiger partial charge is 0.482 e. The summed E-state index contributed by atoms with van der Waals surface area (Å²) in [5.41, 5.74) is 0. The molecule has 1 fully saturated rings. The number of hydrogen-bond donors (Lipinski definition) is 0. The number of amides is 1. The van der Waals surface area contributed by atoms with E-state index in [0.29, 0.717) is 36.7 Å².